The summed E-state index contributed by atoms with van der Waals surface area (Å²) in [5.74, 6) is 0. The van der Waals surface area contributed by atoms with E-state index in [2.05, 4.69) is 64.6 Å². The molecule has 0 spiro atoms. The lowest BCUT2D eigenvalue weighted by Gasteiger charge is -1.98. The van der Waals surface area contributed by atoms with Crippen molar-refractivity contribution in [3.8, 4) is 0 Å². The second kappa shape index (κ2) is 11.5. The minimum Gasteiger partial charge on any atom is -0.207 e. The predicted molar refractivity (Wildman–Crippen MR) is 34.9 cm³/mol. The molecule has 0 N–H and O–H groups in total. The van der Waals surface area contributed by atoms with Gasteiger partial charge < -0.3 is 0 Å². The van der Waals surface area contributed by atoms with Crippen LogP contribution < -0.4 is 0 Å². The molecule has 0 bridgehead atoms. The Kier molecular flexibility index (Phi) is 11.2. The molecule has 0 aromatic heterocycles. The monoisotopic (exact) mass is 302 g/mol. The number of hydrogen-bond acceptors (Lipinski definition) is 15. The van der Waals surface area contributed by atoms with Crippen molar-refractivity contribution in [2.45, 2.75) is 0 Å². The van der Waals surface area contributed by atoms with Crippen molar-refractivity contribution in [2.24, 2.45) is 0 Å². The van der Waals surface area contributed by atoms with Crippen molar-refractivity contribution in [3.63, 3.8) is 0 Å². The maximum atomic E-state index is 10.3. The fourth-order valence-corrected chi connectivity index (χ4v) is 0.315. The molecule has 0 saturated heterocycles. The summed E-state index contributed by atoms with van der Waals surface area (Å²) in [6.07, 6.45) is 0.664. The Morgan fingerprint density at radius 2 is 0.944 bits per heavy atom. The van der Waals surface area contributed by atoms with Crippen LogP contribution in [-0.4, -0.2) is 21.8 Å². The normalized spacial score (nSPS) is 11.9. The lowest BCUT2D eigenvalue weighted by Crippen LogP contribution is -2.06. The molecule has 0 unspecified atom stereocenters. The standard InChI is InChI=1S/C2H6O15S/c1-5-6-7-8-9-10-11-12-13-14-15-16-17-18(2,3)4/h1-2H3. The summed E-state index contributed by atoms with van der Waals surface area (Å²) in [5.41, 5.74) is 0. The average Bonchev–Trinajstić information content (AvgIpc) is 2.29. The molecule has 0 saturated carbocycles. The quantitative estimate of drug-likeness (QED) is 0.226. The molecule has 0 rings (SSSR count). The summed E-state index contributed by atoms with van der Waals surface area (Å²) < 4.78 is 24.0. The smallest absolute Gasteiger partial charge is 0.207 e. The van der Waals surface area contributed by atoms with Crippen LogP contribution in [0.25, 0.3) is 0 Å². The van der Waals surface area contributed by atoms with E-state index in [0.29, 0.717) is 6.26 Å². The van der Waals surface area contributed by atoms with Crippen molar-refractivity contribution in [2.75, 3.05) is 13.4 Å². The van der Waals surface area contributed by atoms with Gasteiger partial charge >= 0.3 is 0 Å². The molecular weight excluding hydrogens is 296 g/mol. The van der Waals surface area contributed by atoms with Crippen molar-refractivity contribution in [1.82, 2.24) is 0 Å². The van der Waals surface area contributed by atoms with Crippen molar-refractivity contribution in [1.29, 1.82) is 0 Å². The maximum Gasteiger partial charge on any atom is 0.293 e. The van der Waals surface area contributed by atoms with E-state index in [1.807, 2.05) is 0 Å². The third kappa shape index (κ3) is 15.4. The van der Waals surface area contributed by atoms with Gasteiger partial charge in [0.15, 0.2) is 0 Å². The van der Waals surface area contributed by atoms with E-state index >= 15 is 0 Å². The van der Waals surface area contributed by atoms with Crippen LogP contribution in [0.15, 0.2) is 0 Å². The van der Waals surface area contributed by atoms with Crippen LogP contribution in [0.3, 0.4) is 0 Å². The molecular formula is C2H6O15S. The van der Waals surface area contributed by atoms with E-state index in [1.54, 1.807) is 0 Å². The minimum absolute atomic E-state index is 0.664. The summed E-state index contributed by atoms with van der Waals surface area (Å²) >= 11 is 0. The summed E-state index contributed by atoms with van der Waals surface area (Å²) in [6.45, 7) is 0. The Morgan fingerprint density at radius 1 is 0.611 bits per heavy atom. The van der Waals surface area contributed by atoms with E-state index in [1.165, 1.54) is 0 Å². The van der Waals surface area contributed by atoms with Gasteiger partial charge in [0.05, 0.1) is 13.4 Å². The fraction of sp³-hybridized carbons (Fsp3) is 1.00. The molecule has 16 heteroatoms. The fourth-order valence-electron chi connectivity index (χ4n) is 0.192. The first-order valence-corrected chi connectivity index (χ1v) is 5.13. The zero-order valence-electron chi connectivity index (χ0n) is 8.53. The van der Waals surface area contributed by atoms with Crippen LogP contribution in [0.4, 0.5) is 0 Å². The van der Waals surface area contributed by atoms with Gasteiger partial charge in [-0.1, -0.05) is 4.33 Å². The van der Waals surface area contributed by atoms with Crippen molar-refractivity contribution < 1.29 is 73.1 Å². The highest BCUT2D eigenvalue weighted by Crippen LogP contribution is 1.93. The molecule has 0 aliphatic rings. The molecule has 0 aliphatic heterocycles. The highest BCUT2D eigenvalue weighted by molar-refractivity contribution is 7.85. The average molecular weight is 302 g/mol. The highest BCUT2D eigenvalue weighted by atomic mass is 32.2. The van der Waals surface area contributed by atoms with Crippen LogP contribution in [0.1, 0.15) is 0 Å². The predicted octanol–water partition coefficient (Wildman–Crippen LogP) is -1.23. The van der Waals surface area contributed by atoms with Crippen LogP contribution in [0.5, 0.6) is 0 Å². The summed E-state index contributed by atoms with van der Waals surface area (Å²) in [6, 6.07) is 0. The van der Waals surface area contributed by atoms with Crippen molar-refractivity contribution in [3.05, 3.63) is 0 Å². The molecule has 18 heavy (non-hydrogen) atoms. The Balaban J connectivity index is 3.03. The molecule has 0 radical (unpaired) electrons. The van der Waals surface area contributed by atoms with E-state index in [4.69, 9.17) is 0 Å². The summed E-state index contributed by atoms with van der Waals surface area (Å²) in [7, 11) is -2.79. The lowest BCUT2D eigenvalue weighted by molar-refractivity contribution is -0.867. The van der Waals surface area contributed by atoms with E-state index in [9.17, 15) is 8.42 Å². The summed E-state index contributed by atoms with van der Waals surface area (Å²) in [4.78, 5) is 3.86. The topological polar surface area (TPSA) is 154 Å². The first-order chi connectivity index (χ1) is 8.56. The van der Waals surface area contributed by atoms with Gasteiger partial charge in [-0.2, -0.15) is 8.42 Å². The first kappa shape index (κ1) is 17.4. The van der Waals surface area contributed by atoms with Crippen molar-refractivity contribution >= 4 is 10.1 Å². The largest absolute Gasteiger partial charge is 0.293 e. The molecule has 0 aromatic rings. The molecule has 0 heterocycles. The van der Waals surface area contributed by atoms with Gasteiger partial charge in [-0.15, -0.1) is 0 Å². The van der Waals surface area contributed by atoms with Crippen LogP contribution in [0, 0.1) is 0 Å². The molecule has 0 amide bonds. The van der Waals surface area contributed by atoms with E-state index in [-0.39, 0.29) is 0 Å². The molecule has 0 aliphatic carbocycles. The van der Waals surface area contributed by atoms with Gasteiger partial charge in [-0.3, -0.25) is 0 Å². The third-order valence-corrected chi connectivity index (χ3v) is 0.800. The Hall–Kier alpha value is -0.570. The van der Waals surface area contributed by atoms with Gasteiger partial charge in [0, 0.05) is 0 Å². The number of rotatable bonds is 13. The lowest BCUT2D eigenvalue weighted by atomic mass is 11.8. The number of hydrogen-bond donors (Lipinski definition) is 0. The Labute approximate surface area is 97.6 Å². The Bertz CT molecular complexity index is 258. The van der Waals surface area contributed by atoms with E-state index < -0.39 is 10.1 Å². The van der Waals surface area contributed by atoms with Gasteiger partial charge in [-0.05, 0) is 55.4 Å². The van der Waals surface area contributed by atoms with E-state index in [0.717, 1.165) is 7.11 Å². The van der Waals surface area contributed by atoms with Gasteiger partial charge in [0.1, 0.15) is 0 Å². The minimum atomic E-state index is -3.89. The summed E-state index contributed by atoms with van der Waals surface area (Å²) in [5, 5.41) is 38.6. The van der Waals surface area contributed by atoms with Crippen LogP contribution >= 0.6 is 0 Å². The Morgan fingerprint density at radius 3 is 1.28 bits per heavy atom. The molecule has 0 atom stereocenters. The molecule has 15 nitrogen and oxygen atoms in total. The molecule has 0 fully saturated rings. The second-order valence-electron chi connectivity index (χ2n) is 1.69. The molecule has 110 valence electrons. The highest BCUT2D eigenvalue weighted by Gasteiger charge is 2.04. The second-order valence-corrected chi connectivity index (χ2v) is 3.23. The van der Waals surface area contributed by atoms with Gasteiger partial charge in [-0.25, -0.2) is 4.89 Å². The maximum absolute atomic E-state index is 10.3. The molecule has 0 aromatic carbocycles. The van der Waals surface area contributed by atoms with Gasteiger partial charge in [0.25, 0.3) is 10.1 Å². The van der Waals surface area contributed by atoms with Crippen LogP contribution in [-0.2, 0) is 74.8 Å². The SMILES string of the molecule is COOOOOOOOOOOOOS(C)(=O)=O. The van der Waals surface area contributed by atoms with Crippen LogP contribution in [0.2, 0.25) is 0 Å². The first-order valence-electron chi connectivity index (χ1n) is 3.32. The zero-order chi connectivity index (χ0) is 13.7. The zero-order valence-corrected chi connectivity index (χ0v) is 9.35. The third-order valence-electron chi connectivity index (χ3n) is 0.497. The van der Waals surface area contributed by atoms with Gasteiger partial charge in [0.2, 0.25) is 0 Å².